The third-order valence-corrected chi connectivity index (χ3v) is 6.55. The van der Waals surface area contributed by atoms with Gasteiger partial charge in [-0.2, -0.15) is 0 Å². The average Bonchev–Trinajstić information content (AvgIpc) is 2.68. The quantitative estimate of drug-likeness (QED) is 0.644. The number of ether oxygens (including phenoxy) is 1. The van der Waals surface area contributed by atoms with Crippen molar-refractivity contribution in [3.8, 4) is 0 Å². The van der Waals surface area contributed by atoms with E-state index in [4.69, 9.17) is 4.74 Å². The van der Waals surface area contributed by atoms with E-state index in [0.29, 0.717) is 12.0 Å². The highest BCUT2D eigenvalue weighted by atomic mass is 79.9. The number of dihydropyridines is 1. The highest BCUT2D eigenvalue weighted by Gasteiger charge is 2.39. The maximum atomic E-state index is 13.2. The summed E-state index contributed by atoms with van der Waals surface area (Å²) in [5.74, 6) is -0.500. The molecule has 3 aliphatic rings. The SMILES string of the molecule is CC1=C(C(=O)OC2CCCCC2)[C@H](c2ccc(Br)cc2)C2=C(CCCC2=O)N1. The number of esters is 1. The number of allylic oxidation sites excluding steroid dienone is 3. The van der Waals surface area contributed by atoms with Crippen molar-refractivity contribution in [2.45, 2.75) is 70.3 Å². The van der Waals surface area contributed by atoms with Gasteiger partial charge >= 0.3 is 5.97 Å². The minimum absolute atomic E-state index is 0.00967. The molecule has 4 nitrogen and oxygen atoms in total. The van der Waals surface area contributed by atoms with E-state index in [1.807, 2.05) is 31.2 Å². The van der Waals surface area contributed by atoms with Crippen LogP contribution in [0.3, 0.4) is 0 Å². The first-order valence-corrected chi connectivity index (χ1v) is 11.0. The third kappa shape index (κ3) is 3.82. The molecule has 148 valence electrons. The van der Waals surface area contributed by atoms with Gasteiger partial charge in [-0.15, -0.1) is 0 Å². The minimum Gasteiger partial charge on any atom is -0.459 e. The van der Waals surface area contributed by atoms with Crippen LogP contribution in [0.15, 0.2) is 51.3 Å². The molecule has 1 aromatic rings. The molecule has 0 aromatic heterocycles. The van der Waals surface area contributed by atoms with Crippen molar-refractivity contribution in [3.63, 3.8) is 0 Å². The van der Waals surface area contributed by atoms with Crippen LogP contribution in [0.5, 0.6) is 0 Å². The first-order chi connectivity index (χ1) is 13.5. The number of hydrogen-bond acceptors (Lipinski definition) is 4. The first kappa shape index (κ1) is 19.4. The molecular weight excluding hydrogens is 418 g/mol. The van der Waals surface area contributed by atoms with Crippen molar-refractivity contribution in [2.75, 3.05) is 0 Å². The predicted octanol–water partition coefficient (Wildman–Crippen LogP) is 5.29. The summed E-state index contributed by atoms with van der Waals surface area (Å²) >= 11 is 3.48. The molecule has 1 heterocycles. The van der Waals surface area contributed by atoms with E-state index in [-0.39, 0.29) is 23.8 Å². The smallest absolute Gasteiger partial charge is 0.337 e. The van der Waals surface area contributed by atoms with Gasteiger partial charge in [0.15, 0.2) is 5.78 Å². The monoisotopic (exact) mass is 443 g/mol. The largest absolute Gasteiger partial charge is 0.459 e. The molecule has 1 aromatic carbocycles. The number of hydrogen-bond donors (Lipinski definition) is 1. The number of rotatable bonds is 3. The topological polar surface area (TPSA) is 55.4 Å². The minimum atomic E-state index is -0.353. The number of nitrogens with one attached hydrogen (secondary N) is 1. The third-order valence-electron chi connectivity index (χ3n) is 6.03. The molecule has 4 rings (SSSR count). The van der Waals surface area contributed by atoms with Crippen LogP contribution in [-0.2, 0) is 14.3 Å². The van der Waals surface area contributed by atoms with E-state index in [1.165, 1.54) is 6.42 Å². The Bertz CT molecular complexity index is 847. The number of carbonyl (C=O) groups is 2. The normalized spacial score (nSPS) is 23.4. The average molecular weight is 444 g/mol. The molecule has 1 aliphatic heterocycles. The molecule has 0 radical (unpaired) electrons. The van der Waals surface area contributed by atoms with Crippen molar-refractivity contribution in [1.29, 1.82) is 0 Å². The number of ketones is 1. The van der Waals surface area contributed by atoms with Crippen LogP contribution in [0.1, 0.15) is 69.8 Å². The van der Waals surface area contributed by atoms with E-state index >= 15 is 0 Å². The summed E-state index contributed by atoms with van der Waals surface area (Å²) in [6.07, 6.45) is 7.52. The fourth-order valence-electron chi connectivity index (χ4n) is 4.64. The molecule has 1 saturated carbocycles. The van der Waals surface area contributed by atoms with Crippen LogP contribution in [0, 0.1) is 0 Å². The predicted molar refractivity (Wildman–Crippen MR) is 112 cm³/mol. The molecule has 0 bridgehead atoms. The lowest BCUT2D eigenvalue weighted by Gasteiger charge is -2.35. The Kier molecular flexibility index (Phi) is 5.72. The summed E-state index contributed by atoms with van der Waals surface area (Å²) < 4.78 is 6.89. The summed E-state index contributed by atoms with van der Waals surface area (Å²) in [7, 11) is 0. The van der Waals surface area contributed by atoms with Gasteiger partial charge in [-0.05, 0) is 63.1 Å². The molecule has 5 heteroatoms. The summed E-state index contributed by atoms with van der Waals surface area (Å²) in [5.41, 5.74) is 4.07. The molecular formula is C23H26BrNO3. The zero-order valence-corrected chi connectivity index (χ0v) is 17.8. The summed E-state index contributed by atoms with van der Waals surface area (Å²) in [6.45, 7) is 1.92. The van der Waals surface area contributed by atoms with Gasteiger partial charge < -0.3 is 10.1 Å². The van der Waals surface area contributed by atoms with Gasteiger partial charge in [-0.1, -0.05) is 34.5 Å². The number of benzene rings is 1. The van der Waals surface area contributed by atoms with Crippen LogP contribution in [0.2, 0.25) is 0 Å². The van der Waals surface area contributed by atoms with Crippen molar-refractivity contribution in [1.82, 2.24) is 5.32 Å². The first-order valence-electron chi connectivity index (χ1n) is 10.2. The summed E-state index contributed by atoms with van der Waals surface area (Å²) in [4.78, 5) is 26.1. The van der Waals surface area contributed by atoms with E-state index in [9.17, 15) is 9.59 Å². The fraction of sp³-hybridized carbons (Fsp3) is 0.478. The Labute approximate surface area is 174 Å². The second-order valence-corrected chi connectivity index (χ2v) is 8.90. The van der Waals surface area contributed by atoms with Crippen LogP contribution in [0.25, 0.3) is 0 Å². The van der Waals surface area contributed by atoms with Gasteiger partial charge in [0.25, 0.3) is 0 Å². The van der Waals surface area contributed by atoms with Gasteiger partial charge in [-0.25, -0.2) is 4.79 Å². The molecule has 1 N–H and O–H groups in total. The fourth-order valence-corrected chi connectivity index (χ4v) is 4.90. The van der Waals surface area contributed by atoms with Crippen molar-refractivity contribution < 1.29 is 14.3 Å². The van der Waals surface area contributed by atoms with E-state index in [1.54, 1.807) is 0 Å². The van der Waals surface area contributed by atoms with Crippen LogP contribution >= 0.6 is 15.9 Å². The highest BCUT2D eigenvalue weighted by molar-refractivity contribution is 9.10. The van der Waals surface area contributed by atoms with Crippen LogP contribution in [0.4, 0.5) is 0 Å². The lowest BCUT2D eigenvalue weighted by Crippen LogP contribution is -2.35. The Balaban J connectivity index is 1.72. The van der Waals surface area contributed by atoms with Crippen LogP contribution < -0.4 is 5.32 Å². The molecule has 0 saturated heterocycles. The Morgan fingerprint density at radius 2 is 1.79 bits per heavy atom. The maximum absolute atomic E-state index is 13.2. The molecule has 0 amide bonds. The van der Waals surface area contributed by atoms with Gasteiger partial charge in [0.2, 0.25) is 0 Å². The summed E-state index contributed by atoms with van der Waals surface area (Å²) in [5, 5.41) is 3.36. The second kappa shape index (κ2) is 8.24. The van der Waals surface area contributed by atoms with E-state index in [2.05, 4.69) is 21.2 Å². The highest BCUT2D eigenvalue weighted by Crippen LogP contribution is 2.43. The van der Waals surface area contributed by atoms with Gasteiger partial charge in [-0.3, -0.25) is 4.79 Å². The van der Waals surface area contributed by atoms with Gasteiger partial charge in [0.1, 0.15) is 6.10 Å². The number of carbonyl (C=O) groups excluding carboxylic acids is 2. The van der Waals surface area contributed by atoms with Gasteiger partial charge in [0.05, 0.1) is 5.57 Å². The molecule has 1 atom stereocenters. The Morgan fingerprint density at radius 3 is 2.50 bits per heavy atom. The Morgan fingerprint density at radius 1 is 1.07 bits per heavy atom. The summed E-state index contributed by atoms with van der Waals surface area (Å²) in [6, 6.07) is 7.91. The zero-order chi connectivity index (χ0) is 19.7. The molecule has 28 heavy (non-hydrogen) atoms. The standard InChI is InChI=1S/C23H26BrNO3/c1-14-20(23(27)28-17-6-3-2-4-7-17)21(15-10-12-16(24)13-11-15)22-18(25-14)8-5-9-19(22)26/h10-13,17,21,25H,2-9H2,1H3/t21-/m0/s1. The van der Waals surface area contributed by atoms with Gasteiger partial charge in [0, 0.05) is 33.8 Å². The molecule has 1 fully saturated rings. The lowest BCUT2D eigenvalue weighted by atomic mass is 9.75. The second-order valence-electron chi connectivity index (χ2n) is 7.98. The van der Waals surface area contributed by atoms with Crippen molar-refractivity contribution >= 4 is 27.7 Å². The molecule has 0 spiro atoms. The van der Waals surface area contributed by atoms with Crippen LogP contribution in [-0.4, -0.2) is 17.9 Å². The molecule has 2 aliphatic carbocycles. The maximum Gasteiger partial charge on any atom is 0.337 e. The van der Waals surface area contributed by atoms with Crippen molar-refractivity contribution in [2.24, 2.45) is 0 Å². The number of Topliss-reactive ketones (excluding diaryl/α,β-unsaturated/α-hetero) is 1. The molecule has 0 unspecified atom stereocenters. The Hall–Kier alpha value is -1.88. The van der Waals surface area contributed by atoms with Crippen molar-refractivity contribution in [3.05, 3.63) is 56.8 Å². The zero-order valence-electron chi connectivity index (χ0n) is 16.2. The van der Waals surface area contributed by atoms with E-state index in [0.717, 1.165) is 65.5 Å². The number of halogens is 1. The van der Waals surface area contributed by atoms with E-state index < -0.39 is 0 Å². The lowest BCUT2D eigenvalue weighted by molar-refractivity contribution is -0.146.